The Morgan fingerprint density at radius 3 is 2.58 bits per heavy atom. The van der Waals surface area contributed by atoms with Crippen LogP contribution >= 0.6 is 23.2 Å². The minimum Gasteiger partial charge on any atom is -0.422 e. The van der Waals surface area contributed by atoms with E-state index in [0.29, 0.717) is 38.9 Å². The van der Waals surface area contributed by atoms with Gasteiger partial charge in [0.05, 0.1) is 11.3 Å². The fraction of sp³-hybridized carbons (Fsp3) is 0.111. The number of hydrogen-bond acceptors (Lipinski definition) is 4. The molecule has 4 nitrogen and oxygen atoms in total. The van der Waals surface area contributed by atoms with Crippen molar-refractivity contribution < 1.29 is 9.25 Å². The van der Waals surface area contributed by atoms with Crippen LogP contribution in [0.2, 0.25) is 10.0 Å². The molecule has 6 heteroatoms. The van der Waals surface area contributed by atoms with Gasteiger partial charge in [-0.15, -0.1) is 0 Å². The lowest BCUT2D eigenvalue weighted by Crippen LogP contribution is -2.14. The van der Waals surface area contributed by atoms with Gasteiger partial charge in [0.25, 0.3) is 0 Å². The summed E-state index contributed by atoms with van der Waals surface area (Å²) in [5.41, 5.74) is 1.68. The summed E-state index contributed by atoms with van der Waals surface area (Å²) >= 11 is 12.4. The normalized spacial score (nSPS) is 16.9. The molecule has 2 heterocycles. The van der Waals surface area contributed by atoms with Crippen molar-refractivity contribution in [1.29, 1.82) is 0 Å². The van der Waals surface area contributed by atoms with Crippen molar-refractivity contribution in [3.8, 4) is 0 Å². The Labute approximate surface area is 147 Å². The first-order valence-corrected chi connectivity index (χ1v) is 8.09. The maximum Gasteiger partial charge on any atom is 0.345 e. The highest BCUT2D eigenvalue weighted by atomic mass is 35.5. The average Bonchev–Trinajstić information content (AvgIpc) is 3.03. The van der Waals surface area contributed by atoms with Gasteiger partial charge in [-0.05, 0) is 24.3 Å². The van der Waals surface area contributed by atoms with Crippen LogP contribution in [-0.2, 0) is 4.84 Å². The van der Waals surface area contributed by atoms with Gasteiger partial charge in [0, 0.05) is 27.4 Å². The Morgan fingerprint density at radius 1 is 1.04 bits per heavy atom. The van der Waals surface area contributed by atoms with Crippen molar-refractivity contribution in [2.45, 2.75) is 12.5 Å². The van der Waals surface area contributed by atoms with Gasteiger partial charge < -0.3 is 9.25 Å². The van der Waals surface area contributed by atoms with Crippen molar-refractivity contribution in [2.24, 2.45) is 5.16 Å². The van der Waals surface area contributed by atoms with Crippen molar-refractivity contribution >= 4 is 39.9 Å². The zero-order valence-corrected chi connectivity index (χ0v) is 13.8. The van der Waals surface area contributed by atoms with Gasteiger partial charge in [-0.3, -0.25) is 0 Å². The lowest BCUT2D eigenvalue weighted by atomic mass is 10.0. The van der Waals surface area contributed by atoms with Gasteiger partial charge >= 0.3 is 5.63 Å². The van der Waals surface area contributed by atoms with E-state index in [2.05, 4.69) is 5.16 Å². The third-order valence-corrected chi connectivity index (χ3v) is 4.60. The Morgan fingerprint density at radius 2 is 1.79 bits per heavy atom. The molecule has 0 bridgehead atoms. The van der Waals surface area contributed by atoms with Gasteiger partial charge in [0.2, 0.25) is 0 Å². The molecular weight excluding hydrogens is 349 g/mol. The zero-order chi connectivity index (χ0) is 16.7. The number of rotatable bonds is 2. The molecule has 0 saturated heterocycles. The summed E-state index contributed by atoms with van der Waals surface area (Å²) < 4.78 is 5.35. The van der Waals surface area contributed by atoms with Crippen molar-refractivity contribution in [2.75, 3.05) is 0 Å². The number of fused-ring (bicyclic) bond motifs is 1. The monoisotopic (exact) mass is 359 g/mol. The molecule has 0 aliphatic carbocycles. The highest BCUT2D eigenvalue weighted by Gasteiger charge is 2.29. The van der Waals surface area contributed by atoms with Crippen molar-refractivity contribution in [3.05, 3.63) is 80.1 Å². The minimum atomic E-state index is -0.443. The van der Waals surface area contributed by atoms with Crippen LogP contribution in [0.1, 0.15) is 23.7 Å². The van der Waals surface area contributed by atoms with Crippen LogP contribution in [0.15, 0.2) is 62.9 Å². The summed E-state index contributed by atoms with van der Waals surface area (Å²) in [6.45, 7) is 0. The minimum absolute atomic E-state index is 0.388. The fourth-order valence-corrected chi connectivity index (χ4v) is 3.41. The van der Waals surface area contributed by atoms with Crippen LogP contribution in [0.3, 0.4) is 0 Å². The maximum absolute atomic E-state index is 12.2. The molecule has 24 heavy (non-hydrogen) atoms. The van der Waals surface area contributed by atoms with E-state index in [0.717, 1.165) is 5.39 Å². The predicted molar refractivity (Wildman–Crippen MR) is 93.9 cm³/mol. The van der Waals surface area contributed by atoms with E-state index < -0.39 is 11.7 Å². The van der Waals surface area contributed by atoms with Gasteiger partial charge in [-0.25, -0.2) is 4.79 Å². The second-order valence-electron chi connectivity index (χ2n) is 5.46. The summed E-state index contributed by atoms with van der Waals surface area (Å²) in [6.07, 6.45) is -0.0286. The molecule has 120 valence electrons. The first-order valence-electron chi connectivity index (χ1n) is 7.33. The molecule has 0 saturated carbocycles. The molecule has 1 atom stereocenters. The second kappa shape index (κ2) is 5.96. The number of hydrogen-bond donors (Lipinski definition) is 0. The van der Waals surface area contributed by atoms with Crippen LogP contribution in [0.25, 0.3) is 11.0 Å². The van der Waals surface area contributed by atoms with E-state index in [1.807, 2.05) is 18.2 Å². The fourth-order valence-electron chi connectivity index (χ4n) is 2.77. The topological polar surface area (TPSA) is 51.8 Å². The first kappa shape index (κ1) is 15.2. The Hall–Kier alpha value is -2.30. The molecule has 1 aliphatic heterocycles. The molecule has 2 aromatic carbocycles. The SMILES string of the molecule is O=c1oc2ccccc2cc1C1=NO[C@@H](c2c(Cl)cccc2Cl)C1. The first-order chi connectivity index (χ1) is 11.6. The smallest absolute Gasteiger partial charge is 0.345 e. The third kappa shape index (κ3) is 2.58. The number of benzene rings is 2. The second-order valence-corrected chi connectivity index (χ2v) is 6.27. The van der Waals surface area contributed by atoms with Gasteiger partial charge in [0.15, 0.2) is 6.10 Å². The van der Waals surface area contributed by atoms with Gasteiger partial charge in [0.1, 0.15) is 5.58 Å². The summed E-state index contributed by atoms with van der Waals surface area (Å²) in [5.74, 6) is 0. The lowest BCUT2D eigenvalue weighted by Gasteiger charge is -2.12. The van der Waals surface area contributed by atoms with E-state index in [9.17, 15) is 4.79 Å². The van der Waals surface area contributed by atoms with E-state index in [4.69, 9.17) is 32.5 Å². The predicted octanol–water partition coefficient (Wildman–Crippen LogP) is 4.97. The van der Waals surface area contributed by atoms with Gasteiger partial charge in [-0.2, -0.15) is 0 Å². The quantitative estimate of drug-likeness (QED) is 0.607. The molecule has 1 aliphatic rings. The highest BCUT2D eigenvalue weighted by Crippen LogP contribution is 2.37. The van der Waals surface area contributed by atoms with Crippen LogP contribution in [0.5, 0.6) is 0 Å². The summed E-state index contributed by atoms with van der Waals surface area (Å²) in [5, 5.41) is 5.90. The van der Waals surface area contributed by atoms with Crippen LogP contribution in [-0.4, -0.2) is 5.71 Å². The Bertz CT molecular complexity index is 1010. The molecule has 4 rings (SSSR count). The van der Waals surface area contributed by atoms with Crippen molar-refractivity contribution in [1.82, 2.24) is 0 Å². The molecule has 0 N–H and O–H groups in total. The third-order valence-electron chi connectivity index (χ3n) is 3.94. The molecule has 1 aromatic heterocycles. The molecule has 0 fully saturated rings. The molecule has 3 aromatic rings. The molecule has 0 radical (unpaired) electrons. The maximum atomic E-state index is 12.2. The zero-order valence-electron chi connectivity index (χ0n) is 12.3. The number of halogens is 2. The molecule has 0 unspecified atom stereocenters. The summed E-state index contributed by atoms with van der Waals surface area (Å²) in [7, 11) is 0. The lowest BCUT2D eigenvalue weighted by molar-refractivity contribution is 0.0859. The van der Waals surface area contributed by atoms with Crippen LogP contribution in [0.4, 0.5) is 0 Å². The van der Waals surface area contributed by atoms with E-state index in [1.165, 1.54) is 0 Å². The molecule has 0 amide bonds. The highest BCUT2D eigenvalue weighted by molar-refractivity contribution is 6.36. The van der Waals surface area contributed by atoms with E-state index >= 15 is 0 Å². The number of nitrogens with zero attached hydrogens (tertiary/aromatic N) is 1. The standard InChI is InChI=1S/C18H11Cl2NO3/c19-12-5-3-6-13(20)17(12)16-9-14(21-24-16)11-8-10-4-1-2-7-15(10)23-18(11)22/h1-8,16H,9H2/t16-/m1/s1. The summed E-state index contributed by atoms with van der Waals surface area (Å²) in [6, 6.07) is 14.3. The van der Waals surface area contributed by atoms with E-state index in [-0.39, 0.29) is 0 Å². The average molecular weight is 360 g/mol. The van der Waals surface area contributed by atoms with E-state index in [1.54, 1.807) is 30.3 Å². The number of oxime groups is 1. The van der Waals surface area contributed by atoms with Crippen LogP contribution in [0, 0.1) is 0 Å². The molecule has 0 spiro atoms. The largest absolute Gasteiger partial charge is 0.422 e. The Kier molecular flexibility index (Phi) is 3.79. The Balaban J connectivity index is 1.70. The van der Waals surface area contributed by atoms with Crippen LogP contribution < -0.4 is 5.63 Å². The molecular formula is C18H11Cl2NO3. The number of para-hydroxylation sites is 1. The van der Waals surface area contributed by atoms with Gasteiger partial charge in [-0.1, -0.05) is 52.6 Å². The summed E-state index contributed by atoms with van der Waals surface area (Å²) in [4.78, 5) is 17.7. The van der Waals surface area contributed by atoms with Crippen molar-refractivity contribution in [3.63, 3.8) is 0 Å².